The summed E-state index contributed by atoms with van der Waals surface area (Å²) in [4.78, 5) is 28.5. The SMILES string of the molecule is CC1(Cc2ccc3c(c2)OCO3)CCC(=O)N(CCC(=O)N2CCCC2)C1. The fourth-order valence-corrected chi connectivity index (χ4v) is 4.44. The highest BCUT2D eigenvalue weighted by Gasteiger charge is 2.35. The second-order valence-electron chi connectivity index (χ2n) is 8.33. The Morgan fingerprint density at radius 2 is 1.96 bits per heavy atom. The summed E-state index contributed by atoms with van der Waals surface area (Å²) in [6, 6.07) is 6.09. The minimum absolute atomic E-state index is 0.0122. The largest absolute Gasteiger partial charge is 0.454 e. The number of ether oxygens (including phenoxy) is 2. The number of hydrogen-bond donors (Lipinski definition) is 0. The maximum absolute atomic E-state index is 12.4. The third kappa shape index (κ3) is 4.04. The number of rotatable bonds is 5. The number of amides is 2. The lowest BCUT2D eigenvalue weighted by atomic mass is 9.76. The molecule has 2 fully saturated rings. The molecular weight excluding hydrogens is 344 g/mol. The van der Waals surface area contributed by atoms with Gasteiger partial charge in [-0.05, 0) is 48.8 Å². The van der Waals surface area contributed by atoms with E-state index in [-0.39, 0.29) is 24.0 Å². The van der Waals surface area contributed by atoms with Gasteiger partial charge < -0.3 is 19.3 Å². The van der Waals surface area contributed by atoms with Gasteiger partial charge in [-0.3, -0.25) is 9.59 Å². The van der Waals surface area contributed by atoms with Crippen LogP contribution in [0, 0.1) is 5.41 Å². The Hall–Kier alpha value is -2.24. The van der Waals surface area contributed by atoms with E-state index in [9.17, 15) is 9.59 Å². The maximum Gasteiger partial charge on any atom is 0.231 e. The zero-order chi connectivity index (χ0) is 18.9. The number of likely N-dealkylation sites (tertiary alicyclic amines) is 2. The average Bonchev–Trinajstić information content (AvgIpc) is 3.33. The van der Waals surface area contributed by atoms with Crippen LogP contribution in [0.5, 0.6) is 11.5 Å². The molecule has 1 atom stereocenters. The third-order valence-corrected chi connectivity index (χ3v) is 5.99. The topological polar surface area (TPSA) is 59.1 Å². The van der Waals surface area contributed by atoms with Gasteiger partial charge in [0.1, 0.15) is 0 Å². The lowest BCUT2D eigenvalue weighted by molar-refractivity contribution is -0.138. The van der Waals surface area contributed by atoms with Crippen molar-refractivity contribution in [2.24, 2.45) is 5.41 Å². The second-order valence-corrected chi connectivity index (χ2v) is 8.33. The number of benzene rings is 1. The molecule has 0 spiro atoms. The fraction of sp³-hybridized carbons (Fsp3) is 0.619. The van der Waals surface area contributed by atoms with Crippen LogP contribution in [0.25, 0.3) is 0 Å². The predicted octanol–water partition coefficient (Wildman–Crippen LogP) is 2.60. The number of fused-ring (bicyclic) bond motifs is 1. The molecule has 1 aromatic rings. The van der Waals surface area contributed by atoms with Crippen molar-refractivity contribution >= 4 is 11.8 Å². The van der Waals surface area contributed by atoms with Crippen molar-refractivity contribution in [2.45, 2.75) is 45.4 Å². The van der Waals surface area contributed by atoms with Crippen molar-refractivity contribution in [3.63, 3.8) is 0 Å². The first kappa shape index (κ1) is 18.1. The highest BCUT2D eigenvalue weighted by molar-refractivity contribution is 5.80. The standard InChI is InChI=1S/C21H28N2O4/c1-21(13-16-4-5-17-18(12-16)27-15-26-17)8-6-19(24)23(14-21)11-7-20(25)22-9-2-3-10-22/h4-5,12H,2-3,6-11,13-15H2,1H3. The van der Waals surface area contributed by atoms with Crippen molar-refractivity contribution in [3.05, 3.63) is 23.8 Å². The fourth-order valence-electron chi connectivity index (χ4n) is 4.44. The molecule has 0 bridgehead atoms. The molecule has 2 amide bonds. The molecule has 1 unspecified atom stereocenters. The van der Waals surface area contributed by atoms with Crippen molar-refractivity contribution in [1.82, 2.24) is 9.80 Å². The van der Waals surface area contributed by atoms with Crippen molar-refractivity contribution < 1.29 is 19.1 Å². The van der Waals surface area contributed by atoms with Crippen LogP contribution in [0.1, 0.15) is 44.6 Å². The van der Waals surface area contributed by atoms with Crippen molar-refractivity contribution in [2.75, 3.05) is 33.0 Å². The van der Waals surface area contributed by atoms with Gasteiger partial charge in [-0.2, -0.15) is 0 Å². The van der Waals surface area contributed by atoms with E-state index in [4.69, 9.17) is 9.47 Å². The van der Waals surface area contributed by atoms with Gasteiger partial charge in [-0.15, -0.1) is 0 Å². The zero-order valence-corrected chi connectivity index (χ0v) is 16.0. The van der Waals surface area contributed by atoms with E-state index in [1.807, 2.05) is 21.9 Å². The summed E-state index contributed by atoms with van der Waals surface area (Å²) in [6.07, 6.45) is 4.94. The Bertz CT molecular complexity index is 729. The monoisotopic (exact) mass is 372 g/mol. The van der Waals surface area contributed by atoms with Crippen LogP contribution in [0.15, 0.2) is 18.2 Å². The predicted molar refractivity (Wildman–Crippen MR) is 101 cm³/mol. The number of nitrogens with zero attached hydrogens (tertiary/aromatic N) is 2. The van der Waals surface area contributed by atoms with E-state index in [1.54, 1.807) is 0 Å². The molecule has 3 aliphatic heterocycles. The molecule has 0 radical (unpaired) electrons. The molecule has 0 aliphatic carbocycles. The summed E-state index contributed by atoms with van der Waals surface area (Å²) in [6.45, 7) is 5.49. The van der Waals surface area contributed by atoms with Crippen LogP contribution >= 0.6 is 0 Å². The van der Waals surface area contributed by atoms with E-state index in [0.717, 1.165) is 50.3 Å². The Balaban J connectivity index is 1.36. The van der Waals surface area contributed by atoms with Gasteiger partial charge in [-0.25, -0.2) is 0 Å². The van der Waals surface area contributed by atoms with E-state index in [2.05, 4.69) is 13.0 Å². The Morgan fingerprint density at radius 1 is 1.19 bits per heavy atom. The normalized spacial score (nSPS) is 24.6. The van der Waals surface area contributed by atoms with E-state index in [1.165, 1.54) is 5.56 Å². The van der Waals surface area contributed by atoms with Gasteiger partial charge in [0.15, 0.2) is 11.5 Å². The van der Waals surface area contributed by atoms with Crippen molar-refractivity contribution in [1.29, 1.82) is 0 Å². The van der Waals surface area contributed by atoms with Crippen LogP contribution in [0.4, 0.5) is 0 Å². The molecule has 146 valence electrons. The van der Waals surface area contributed by atoms with Gasteiger partial charge in [-0.1, -0.05) is 13.0 Å². The van der Waals surface area contributed by atoms with E-state index >= 15 is 0 Å². The molecule has 3 heterocycles. The zero-order valence-electron chi connectivity index (χ0n) is 16.0. The number of carbonyl (C=O) groups excluding carboxylic acids is 2. The van der Waals surface area contributed by atoms with Crippen LogP contribution in [0.3, 0.4) is 0 Å². The summed E-state index contributed by atoms with van der Waals surface area (Å²) in [5, 5.41) is 0. The van der Waals surface area contributed by atoms with Gasteiger partial charge in [0.05, 0.1) is 0 Å². The molecule has 0 saturated carbocycles. The number of piperidine rings is 1. The Morgan fingerprint density at radius 3 is 2.78 bits per heavy atom. The number of hydrogen-bond acceptors (Lipinski definition) is 4. The number of carbonyl (C=O) groups is 2. The summed E-state index contributed by atoms with van der Waals surface area (Å²) < 4.78 is 10.9. The lowest BCUT2D eigenvalue weighted by Gasteiger charge is -2.40. The molecule has 6 nitrogen and oxygen atoms in total. The van der Waals surface area contributed by atoms with E-state index < -0.39 is 0 Å². The molecule has 4 rings (SSSR count). The van der Waals surface area contributed by atoms with Gasteiger partial charge >= 0.3 is 0 Å². The first-order chi connectivity index (χ1) is 13.0. The van der Waals surface area contributed by atoms with Crippen LogP contribution in [-0.4, -0.2) is 54.6 Å². The average molecular weight is 372 g/mol. The van der Waals surface area contributed by atoms with E-state index in [0.29, 0.717) is 25.9 Å². The molecule has 6 heteroatoms. The summed E-state index contributed by atoms with van der Waals surface area (Å²) in [5.74, 6) is 1.96. The van der Waals surface area contributed by atoms with Crippen LogP contribution in [-0.2, 0) is 16.0 Å². The molecule has 2 saturated heterocycles. The highest BCUT2D eigenvalue weighted by atomic mass is 16.7. The Kier molecular flexibility index (Phi) is 4.98. The van der Waals surface area contributed by atoms with Gasteiger partial charge in [0, 0.05) is 39.0 Å². The maximum atomic E-state index is 12.4. The highest BCUT2D eigenvalue weighted by Crippen LogP contribution is 2.37. The van der Waals surface area contributed by atoms with Crippen LogP contribution < -0.4 is 9.47 Å². The van der Waals surface area contributed by atoms with Crippen LogP contribution in [0.2, 0.25) is 0 Å². The summed E-state index contributed by atoms with van der Waals surface area (Å²) in [7, 11) is 0. The molecule has 0 N–H and O–H groups in total. The van der Waals surface area contributed by atoms with Gasteiger partial charge in [0.2, 0.25) is 18.6 Å². The smallest absolute Gasteiger partial charge is 0.231 e. The minimum Gasteiger partial charge on any atom is -0.454 e. The first-order valence-electron chi connectivity index (χ1n) is 9.97. The molecular formula is C21H28N2O4. The lowest BCUT2D eigenvalue weighted by Crippen LogP contribution is -2.47. The summed E-state index contributed by atoms with van der Waals surface area (Å²) >= 11 is 0. The minimum atomic E-state index is 0.0122. The Labute approximate surface area is 160 Å². The molecule has 1 aromatic carbocycles. The van der Waals surface area contributed by atoms with Crippen molar-refractivity contribution in [3.8, 4) is 11.5 Å². The summed E-state index contributed by atoms with van der Waals surface area (Å²) in [5.41, 5.74) is 1.21. The molecule has 27 heavy (non-hydrogen) atoms. The van der Waals surface area contributed by atoms with Gasteiger partial charge in [0.25, 0.3) is 0 Å². The molecule has 0 aromatic heterocycles. The molecule has 3 aliphatic rings. The first-order valence-corrected chi connectivity index (χ1v) is 9.97. The third-order valence-electron chi connectivity index (χ3n) is 5.99. The second kappa shape index (κ2) is 7.41. The quantitative estimate of drug-likeness (QED) is 0.797.